The van der Waals surface area contributed by atoms with Gasteiger partial charge in [-0.3, -0.25) is 4.79 Å². The van der Waals surface area contributed by atoms with E-state index in [9.17, 15) is 4.79 Å². The van der Waals surface area contributed by atoms with Gasteiger partial charge in [-0.15, -0.1) is 0 Å². The van der Waals surface area contributed by atoms with Crippen molar-refractivity contribution >= 4 is 46.4 Å². The van der Waals surface area contributed by atoms with Crippen LogP contribution in [0.1, 0.15) is 6.92 Å². The van der Waals surface area contributed by atoms with Crippen molar-refractivity contribution in [3.63, 3.8) is 0 Å². The van der Waals surface area contributed by atoms with Crippen molar-refractivity contribution in [3.05, 3.63) is 57.5 Å². The lowest BCUT2D eigenvalue weighted by molar-refractivity contribution is -0.114. The van der Waals surface area contributed by atoms with E-state index in [1.54, 1.807) is 42.5 Å². The minimum absolute atomic E-state index is 0.213. The Morgan fingerprint density at radius 1 is 1.08 bits per heavy atom. The second kappa shape index (κ2) is 6.85. The third-order valence-corrected chi connectivity index (χ3v) is 4.34. The molecule has 0 aliphatic heterocycles. The largest absolute Gasteiger partial charge is 0.356 e. The smallest absolute Gasteiger partial charge is 0.221 e. The fourth-order valence-corrected chi connectivity index (χ4v) is 3.13. The highest BCUT2D eigenvalue weighted by Crippen LogP contribution is 2.38. The summed E-state index contributed by atoms with van der Waals surface area (Å²) in [6.07, 6.45) is 0. The maximum Gasteiger partial charge on any atom is 0.221 e. The molecule has 0 unspecified atom stereocenters. The summed E-state index contributed by atoms with van der Waals surface area (Å²) >= 11 is 18.7. The number of halogens is 3. The van der Waals surface area contributed by atoms with E-state index in [0.717, 1.165) is 0 Å². The van der Waals surface area contributed by atoms with Crippen LogP contribution in [0.2, 0.25) is 15.1 Å². The third-order valence-electron chi connectivity index (χ3n) is 3.30. The molecule has 0 spiro atoms. The van der Waals surface area contributed by atoms with Gasteiger partial charge < -0.3 is 9.84 Å². The predicted octanol–water partition coefficient (Wildman–Crippen LogP) is 5.93. The number of benzene rings is 2. The van der Waals surface area contributed by atoms with E-state index < -0.39 is 0 Å². The van der Waals surface area contributed by atoms with Crippen LogP contribution in [0.15, 0.2) is 47.0 Å². The van der Waals surface area contributed by atoms with Crippen LogP contribution in [0.5, 0.6) is 0 Å². The fourth-order valence-electron chi connectivity index (χ4n) is 2.27. The van der Waals surface area contributed by atoms with Gasteiger partial charge in [-0.25, -0.2) is 0 Å². The first-order valence-corrected chi connectivity index (χ1v) is 8.08. The zero-order valence-corrected chi connectivity index (χ0v) is 14.7. The van der Waals surface area contributed by atoms with Gasteiger partial charge in [-0.1, -0.05) is 52.1 Å². The van der Waals surface area contributed by atoms with Crippen molar-refractivity contribution in [3.8, 4) is 22.6 Å². The van der Waals surface area contributed by atoms with E-state index in [0.29, 0.717) is 43.3 Å². The number of amides is 1. The quantitative estimate of drug-likeness (QED) is 0.612. The molecule has 3 aromatic rings. The van der Waals surface area contributed by atoms with Crippen LogP contribution < -0.4 is 5.32 Å². The monoisotopic (exact) mass is 380 g/mol. The number of nitrogens with zero attached hydrogens (tertiary/aromatic N) is 1. The van der Waals surface area contributed by atoms with Crippen LogP contribution in [0, 0.1) is 0 Å². The molecule has 1 amide bonds. The summed E-state index contributed by atoms with van der Waals surface area (Å²) in [5, 5.41) is 8.00. The summed E-state index contributed by atoms with van der Waals surface area (Å²) in [5.74, 6) is 0.230. The second-order valence-corrected chi connectivity index (χ2v) is 6.21. The molecule has 0 saturated carbocycles. The second-order valence-electron chi connectivity index (χ2n) is 5.02. The lowest BCUT2D eigenvalue weighted by Gasteiger charge is -2.07. The maximum absolute atomic E-state index is 11.2. The van der Waals surface area contributed by atoms with Crippen LogP contribution in [0.4, 0.5) is 5.69 Å². The van der Waals surface area contributed by atoms with Crippen molar-refractivity contribution < 1.29 is 9.32 Å². The van der Waals surface area contributed by atoms with Gasteiger partial charge in [0.05, 0.1) is 20.8 Å². The third kappa shape index (κ3) is 3.26. The molecule has 0 bridgehead atoms. The van der Waals surface area contributed by atoms with E-state index in [2.05, 4.69) is 10.5 Å². The van der Waals surface area contributed by atoms with Crippen molar-refractivity contribution in [2.24, 2.45) is 0 Å². The molecule has 24 heavy (non-hydrogen) atoms. The molecule has 2 aromatic carbocycles. The Morgan fingerprint density at radius 2 is 1.75 bits per heavy atom. The van der Waals surface area contributed by atoms with E-state index in [-0.39, 0.29) is 5.91 Å². The van der Waals surface area contributed by atoms with E-state index >= 15 is 0 Å². The van der Waals surface area contributed by atoms with Crippen LogP contribution in [-0.2, 0) is 4.79 Å². The zero-order chi connectivity index (χ0) is 17.3. The molecule has 0 radical (unpaired) electrons. The Balaban J connectivity index is 2.04. The lowest BCUT2D eigenvalue weighted by Crippen LogP contribution is -2.06. The first-order valence-electron chi connectivity index (χ1n) is 6.95. The predicted molar refractivity (Wildman–Crippen MR) is 96.7 cm³/mol. The van der Waals surface area contributed by atoms with Crippen molar-refractivity contribution in [2.45, 2.75) is 6.92 Å². The Bertz CT molecular complexity index is 902. The van der Waals surface area contributed by atoms with Crippen LogP contribution in [-0.4, -0.2) is 11.1 Å². The number of hydrogen-bond donors (Lipinski definition) is 1. The first kappa shape index (κ1) is 16.8. The fraction of sp³-hybridized carbons (Fsp3) is 0.0588. The molecular weight excluding hydrogens is 371 g/mol. The van der Waals surface area contributed by atoms with Gasteiger partial charge >= 0.3 is 0 Å². The van der Waals surface area contributed by atoms with E-state index in [1.807, 2.05) is 0 Å². The number of carbonyl (C=O) groups excluding carboxylic acids is 1. The Hall–Kier alpha value is -2.01. The molecule has 3 rings (SSSR count). The number of hydrogen-bond acceptors (Lipinski definition) is 3. The molecule has 0 saturated heterocycles. The number of rotatable bonds is 3. The van der Waals surface area contributed by atoms with Gasteiger partial charge in [-0.2, -0.15) is 0 Å². The van der Waals surface area contributed by atoms with Crippen molar-refractivity contribution in [2.75, 3.05) is 5.32 Å². The maximum atomic E-state index is 11.2. The topological polar surface area (TPSA) is 55.1 Å². The van der Waals surface area contributed by atoms with Gasteiger partial charge in [0.15, 0.2) is 5.76 Å². The highest BCUT2D eigenvalue weighted by Gasteiger charge is 2.17. The molecule has 0 atom stereocenters. The molecule has 1 N–H and O–H groups in total. The summed E-state index contributed by atoms with van der Waals surface area (Å²) in [7, 11) is 0. The van der Waals surface area contributed by atoms with Gasteiger partial charge in [0.1, 0.15) is 5.69 Å². The first-order chi connectivity index (χ1) is 11.5. The molecule has 1 heterocycles. The normalized spacial score (nSPS) is 10.7. The van der Waals surface area contributed by atoms with Crippen molar-refractivity contribution in [1.29, 1.82) is 0 Å². The minimum atomic E-state index is -0.213. The summed E-state index contributed by atoms with van der Waals surface area (Å²) in [5.41, 5.74) is 2.19. The highest BCUT2D eigenvalue weighted by atomic mass is 35.5. The molecule has 122 valence electrons. The summed E-state index contributed by atoms with van der Waals surface area (Å²) < 4.78 is 5.39. The standard InChI is InChI=1S/C17H11Cl3N2O2/c1-9(23)21-13-7-2-4-10(17(13)20)15-8-14(22-24-15)16-11(18)5-3-6-12(16)19/h2-8H,1H3,(H,21,23). The summed E-state index contributed by atoms with van der Waals surface area (Å²) in [6, 6.07) is 12.1. The highest BCUT2D eigenvalue weighted by molar-refractivity contribution is 6.39. The van der Waals surface area contributed by atoms with E-state index in [4.69, 9.17) is 39.3 Å². The lowest BCUT2D eigenvalue weighted by atomic mass is 10.1. The van der Waals surface area contributed by atoms with Crippen LogP contribution >= 0.6 is 34.8 Å². The van der Waals surface area contributed by atoms with Gasteiger partial charge in [0.25, 0.3) is 0 Å². The Morgan fingerprint density at radius 3 is 2.42 bits per heavy atom. The zero-order valence-electron chi connectivity index (χ0n) is 12.4. The number of aromatic nitrogens is 1. The van der Waals surface area contributed by atoms with E-state index in [1.165, 1.54) is 6.92 Å². The van der Waals surface area contributed by atoms with Crippen LogP contribution in [0.25, 0.3) is 22.6 Å². The molecular formula is C17H11Cl3N2O2. The molecule has 4 nitrogen and oxygen atoms in total. The number of nitrogens with one attached hydrogen (secondary N) is 1. The number of anilines is 1. The van der Waals surface area contributed by atoms with Gasteiger partial charge in [0.2, 0.25) is 5.91 Å². The van der Waals surface area contributed by atoms with Crippen LogP contribution in [0.3, 0.4) is 0 Å². The average molecular weight is 382 g/mol. The Labute approximate surface area is 153 Å². The molecule has 1 aromatic heterocycles. The summed E-state index contributed by atoms with van der Waals surface area (Å²) in [4.78, 5) is 11.2. The van der Waals surface area contributed by atoms with Gasteiger partial charge in [-0.05, 0) is 24.3 Å². The Kier molecular flexibility index (Phi) is 4.81. The average Bonchev–Trinajstić information content (AvgIpc) is 2.98. The van der Waals surface area contributed by atoms with Crippen molar-refractivity contribution in [1.82, 2.24) is 5.16 Å². The number of carbonyl (C=O) groups is 1. The molecule has 7 heteroatoms. The molecule has 0 aliphatic carbocycles. The molecule has 0 aliphatic rings. The molecule has 0 fully saturated rings. The minimum Gasteiger partial charge on any atom is -0.356 e. The van der Waals surface area contributed by atoms with Gasteiger partial charge in [0, 0.05) is 24.1 Å². The SMILES string of the molecule is CC(=O)Nc1cccc(-c2cc(-c3c(Cl)cccc3Cl)no2)c1Cl. The summed E-state index contributed by atoms with van der Waals surface area (Å²) in [6.45, 7) is 1.41.